The molecule has 0 aliphatic carbocycles. The molecule has 2 aliphatic rings. The van der Waals surface area contributed by atoms with E-state index in [2.05, 4.69) is 28.6 Å². The highest BCUT2D eigenvalue weighted by atomic mass is 15.2. The van der Waals surface area contributed by atoms with Gasteiger partial charge >= 0.3 is 0 Å². The minimum absolute atomic E-state index is 0.689. The Hall–Kier alpha value is -0.870. The number of nitrogens with one attached hydrogen (secondary N) is 1. The lowest BCUT2D eigenvalue weighted by molar-refractivity contribution is 0.183. The molecule has 21 heavy (non-hydrogen) atoms. The molecule has 118 valence electrons. The van der Waals surface area contributed by atoms with Gasteiger partial charge in [0.15, 0.2) is 0 Å². The fourth-order valence-corrected chi connectivity index (χ4v) is 3.94. The number of likely N-dealkylation sites (tertiary alicyclic amines) is 1. The molecule has 1 saturated heterocycles. The summed E-state index contributed by atoms with van der Waals surface area (Å²) < 4.78 is 2.64. The minimum Gasteiger partial charge on any atom is -0.329 e. The first-order valence-corrected chi connectivity index (χ1v) is 8.85. The molecule has 2 aliphatic heterocycles. The van der Waals surface area contributed by atoms with Crippen molar-refractivity contribution >= 4 is 0 Å². The third-order valence-electron chi connectivity index (χ3n) is 4.93. The van der Waals surface area contributed by atoms with E-state index in [0.717, 1.165) is 25.9 Å². The first-order chi connectivity index (χ1) is 10.3. The van der Waals surface area contributed by atoms with Crippen LogP contribution in [0.3, 0.4) is 0 Å². The van der Waals surface area contributed by atoms with Gasteiger partial charge in [-0.1, -0.05) is 13.8 Å². The van der Waals surface area contributed by atoms with Gasteiger partial charge < -0.3 is 14.8 Å². The SMILES string of the molecule is CCCc1nc2c(n1C1CCN(CCC)CC1)CCNC2. The van der Waals surface area contributed by atoms with E-state index < -0.39 is 0 Å². The number of piperidine rings is 1. The maximum absolute atomic E-state index is 4.96. The van der Waals surface area contributed by atoms with Gasteiger partial charge in [0.2, 0.25) is 0 Å². The zero-order valence-electron chi connectivity index (χ0n) is 13.7. The van der Waals surface area contributed by atoms with E-state index in [1.165, 1.54) is 62.5 Å². The number of hydrogen-bond donors (Lipinski definition) is 1. The molecular weight excluding hydrogens is 260 g/mol. The Morgan fingerprint density at radius 2 is 2.00 bits per heavy atom. The van der Waals surface area contributed by atoms with E-state index >= 15 is 0 Å². The van der Waals surface area contributed by atoms with E-state index in [0.29, 0.717) is 6.04 Å². The van der Waals surface area contributed by atoms with Crippen LogP contribution in [0.2, 0.25) is 0 Å². The number of imidazole rings is 1. The van der Waals surface area contributed by atoms with E-state index in [4.69, 9.17) is 4.98 Å². The first kappa shape index (κ1) is 15.0. The van der Waals surface area contributed by atoms with Gasteiger partial charge in [0.05, 0.1) is 5.69 Å². The average molecular weight is 290 g/mol. The number of hydrogen-bond acceptors (Lipinski definition) is 3. The Balaban J connectivity index is 1.79. The van der Waals surface area contributed by atoms with Crippen LogP contribution in [0, 0.1) is 0 Å². The summed E-state index contributed by atoms with van der Waals surface area (Å²) in [7, 11) is 0. The molecule has 3 rings (SSSR count). The molecular formula is C17H30N4. The second-order valence-electron chi connectivity index (χ2n) is 6.54. The lowest BCUT2D eigenvalue weighted by Crippen LogP contribution is -2.36. The standard InChI is InChI=1S/C17H30N4/c1-3-5-17-19-15-13-18-9-6-16(15)21(17)14-7-11-20(10-4-2)12-8-14/h14,18H,3-13H2,1-2H3. The van der Waals surface area contributed by atoms with E-state index in [9.17, 15) is 0 Å². The number of fused-ring (bicyclic) bond motifs is 1. The molecule has 0 amide bonds. The van der Waals surface area contributed by atoms with Crippen LogP contribution in [-0.4, -0.2) is 40.6 Å². The van der Waals surface area contributed by atoms with Crippen molar-refractivity contribution in [3.8, 4) is 0 Å². The summed E-state index contributed by atoms with van der Waals surface area (Å²) in [5.74, 6) is 1.35. The molecule has 0 unspecified atom stereocenters. The molecule has 1 aromatic heterocycles. The number of aromatic nitrogens is 2. The van der Waals surface area contributed by atoms with Crippen LogP contribution in [-0.2, 0) is 19.4 Å². The lowest BCUT2D eigenvalue weighted by Gasteiger charge is -2.34. The maximum atomic E-state index is 4.96. The molecule has 4 nitrogen and oxygen atoms in total. The predicted octanol–water partition coefficient (Wildman–Crippen LogP) is 2.53. The molecule has 1 fully saturated rings. The molecule has 0 radical (unpaired) electrons. The zero-order chi connectivity index (χ0) is 14.7. The monoisotopic (exact) mass is 290 g/mol. The number of rotatable bonds is 5. The van der Waals surface area contributed by atoms with Crippen LogP contribution >= 0.6 is 0 Å². The van der Waals surface area contributed by atoms with Crippen LogP contribution in [0.1, 0.15) is 62.8 Å². The summed E-state index contributed by atoms with van der Waals surface area (Å²) in [6.07, 6.45) is 7.35. The molecule has 3 heterocycles. The van der Waals surface area contributed by atoms with E-state index in [1.54, 1.807) is 0 Å². The molecule has 1 aromatic rings. The molecule has 1 N–H and O–H groups in total. The Bertz CT molecular complexity index is 458. The van der Waals surface area contributed by atoms with Crippen molar-refractivity contribution in [2.45, 2.75) is 65.0 Å². The van der Waals surface area contributed by atoms with Crippen molar-refractivity contribution in [1.82, 2.24) is 19.8 Å². The van der Waals surface area contributed by atoms with Crippen molar-refractivity contribution in [1.29, 1.82) is 0 Å². The highest BCUT2D eigenvalue weighted by Crippen LogP contribution is 2.29. The number of nitrogens with zero attached hydrogens (tertiary/aromatic N) is 3. The summed E-state index contributed by atoms with van der Waals surface area (Å²) in [4.78, 5) is 7.58. The van der Waals surface area contributed by atoms with E-state index in [-0.39, 0.29) is 0 Å². The zero-order valence-corrected chi connectivity index (χ0v) is 13.7. The van der Waals surface area contributed by atoms with E-state index in [1.807, 2.05) is 0 Å². The van der Waals surface area contributed by atoms with Crippen LogP contribution in [0.25, 0.3) is 0 Å². The summed E-state index contributed by atoms with van der Waals surface area (Å²) in [6.45, 7) is 10.4. The van der Waals surface area contributed by atoms with Crippen LogP contribution in [0.5, 0.6) is 0 Å². The highest BCUT2D eigenvalue weighted by Gasteiger charge is 2.27. The van der Waals surface area contributed by atoms with Gasteiger partial charge in [-0.2, -0.15) is 0 Å². The van der Waals surface area contributed by atoms with Gasteiger partial charge in [0.1, 0.15) is 5.82 Å². The second-order valence-corrected chi connectivity index (χ2v) is 6.54. The van der Waals surface area contributed by atoms with Crippen molar-refractivity contribution in [2.75, 3.05) is 26.2 Å². The molecule has 0 bridgehead atoms. The molecule has 0 atom stereocenters. The largest absolute Gasteiger partial charge is 0.329 e. The third kappa shape index (κ3) is 3.16. The lowest BCUT2D eigenvalue weighted by atomic mass is 10.0. The first-order valence-electron chi connectivity index (χ1n) is 8.85. The van der Waals surface area contributed by atoms with Crippen molar-refractivity contribution in [3.63, 3.8) is 0 Å². The van der Waals surface area contributed by atoms with Gasteiger partial charge in [-0.05, 0) is 32.2 Å². The predicted molar refractivity (Wildman–Crippen MR) is 86.6 cm³/mol. The summed E-state index contributed by atoms with van der Waals surface area (Å²) in [5, 5.41) is 3.47. The summed E-state index contributed by atoms with van der Waals surface area (Å²) in [6, 6.07) is 0.689. The number of aryl methyl sites for hydroxylation is 1. The van der Waals surface area contributed by atoms with Crippen molar-refractivity contribution < 1.29 is 0 Å². The molecule has 0 spiro atoms. The third-order valence-corrected chi connectivity index (χ3v) is 4.93. The smallest absolute Gasteiger partial charge is 0.109 e. The fraction of sp³-hybridized carbons (Fsp3) is 0.824. The topological polar surface area (TPSA) is 33.1 Å². The normalized spacial score (nSPS) is 20.7. The van der Waals surface area contributed by atoms with Crippen molar-refractivity contribution in [3.05, 3.63) is 17.2 Å². The quantitative estimate of drug-likeness (QED) is 0.904. The Labute approximate surface area is 128 Å². The molecule has 4 heteroatoms. The maximum Gasteiger partial charge on any atom is 0.109 e. The van der Waals surface area contributed by atoms with Crippen LogP contribution in [0.4, 0.5) is 0 Å². The fourth-order valence-electron chi connectivity index (χ4n) is 3.94. The van der Waals surface area contributed by atoms with Gasteiger partial charge in [-0.3, -0.25) is 0 Å². The summed E-state index contributed by atoms with van der Waals surface area (Å²) in [5.41, 5.74) is 2.85. The summed E-state index contributed by atoms with van der Waals surface area (Å²) >= 11 is 0. The van der Waals surface area contributed by atoms with Gasteiger partial charge in [-0.15, -0.1) is 0 Å². The van der Waals surface area contributed by atoms with Gasteiger partial charge in [0, 0.05) is 50.8 Å². The Kier molecular flexibility index (Phi) is 4.96. The Morgan fingerprint density at radius 1 is 1.19 bits per heavy atom. The minimum atomic E-state index is 0.689. The average Bonchev–Trinajstić information content (AvgIpc) is 2.87. The van der Waals surface area contributed by atoms with Crippen LogP contribution in [0.15, 0.2) is 0 Å². The van der Waals surface area contributed by atoms with Gasteiger partial charge in [-0.25, -0.2) is 4.98 Å². The van der Waals surface area contributed by atoms with Gasteiger partial charge in [0.25, 0.3) is 0 Å². The Morgan fingerprint density at radius 3 is 2.71 bits per heavy atom. The van der Waals surface area contributed by atoms with Crippen molar-refractivity contribution in [2.24, 2.45) is 0 Å². The molecule has 0 aromatic carbocycles. The highest BCUT2D eigenvalue weighted by molar-refractivity contribution is 5.21. The second kappa shape index (κ2) is 6.93. The molecule has 0 saturated carbocycles. The van der Waals surface area contributed by atoms with Crippen LogP contribution < -0.4 is 5.32 Å².